The number of carboxylic acid groups (broad SMARTS) is 5. The predicted octanol–water partition coefficient (Wildman–Crippen LogP) is -4.97. The van der Waals surface area contributed by atoms with Gasteiger partial charge >= 0.3 is 29.6 Å². The second-order valence-electron chi connectivity index (χ2n) is 3.15. The average Bonchev–Trinajstić information content (AvgIpc) is 2.24. The first-order valence-electron chi connectivity index (χ1n) is 5.94. The fourth-order valence-electron chi connectivity index (χ4n) is 0. The minimum absolute atomic E-state index is 0. The molecule has 8 N–H and O–H groups in total. The topological polar surface area (TPSA) is 241 Å². The summed E-state index contributed by atoms with van der Waals surface area (Å²) in [6, 6.07) is 0. The summed E-state index contributed by atoms with van der Waals surface area (Å²) in [7, 11) is 0. The van der Waals surface area contributed by atoms with Crippen LogP contribution >= 0.6 is 0 Å². The van der Waals surface area contributed by atoms with Gasteiger partial charge in [-0.25, -0.2) is 0 Å². The summed E-state index contributed by atoms with van der Waals surface area (Å²) in [5.74, 6) is -4.42. The van der Waals surface area contributed by atoms with Gasteiger partial charge in [0.15, 0.2) is 0 Å². The van der Waals surface area contributed by atoms with Crippen molar-refractivity contribution in [3.05, 3.63) is 0 Å². The molecule has 25 heavy (non-hydrogen) atoms. The third kappa shape index (κ3) is 17200. The number of carbonyl (C=O) groups is 5. The predicted molar refractivity (Wildman–Crippen MR) is 82.0 cm³/mol. The Balaban J connectivity index is -0.0000000309. The summed E-state index contributed by atoms with van der Waals surface area (Å²) in [6.45, 7) is 6.50. The molecule has 0 saturated heterocycles. The van der Waals surface area contributed by atoms with Crippen molar-refractivity contribution in [3.8, 4) is 0 Å². The minimum atomic E-state index is -1.08. The maximum absolute atomic E-state index is 9.00. The fourth-order valence-corrected chi connectivity index (χ4v) is 0. The standard InChI is InChI=1S/C2H8N2.5C2H4O2.Na/c3-1-2-4;5*1-2(3)4;/h1-4H2;5*1H3,(H,3,4);/q;;;;;;+1/p-1. The van der Waals surface area contributed by atoms with E-state index in [-0.39, 0.29) is 29.6 Å². The Labute approximate surface area is 168 Å². The first-order valence-corrected chi connectivity index (χ1v) is 5.94. The molecule has 0 aliphatic carbocycles. The van der Waals surface area contributed by atoms with E-state index in [9.17, 15) is 0 Å². The Morgan fingerprint density at radius 1 is 0.640 bits per heavy atom. The quantitative estimate of drug-likeness (QED) is 0.234. The summed E-state index contributed by atoms with van der Waals surface area (Å²) in [5, 5.41) is 38.6. The van der Waals surface area contributed by atoms with Crippen LogP contribution in [0.2, 0.25) is 0 Å². The molecule has 0 fully saturated rings. The monoisotopic (exact) mass is 382 g/mol. The number of hydrogen-bond donors (Lipinski definition) is 6. The molecule has 0 bridgehead atoms. The van der Waals surface area contributed by atoms with Crippen LogP contribution in [0.25, 0.3) is 0 Å². The van der Waals surface area contributed by atoms with E-state index < -0.39 is 29.8 Å². The van der Waals surface area contributed by atoms with Gasteiger partial charge in [0, 0.05) is 46.8 Å². The molecule has 0 saturated carbocycles. The zero-order valence-electron chi connectivity index (χ0n) is 15.3. The number of aliphatic carboxylic acids is 5. The molecule has 0 radical (unpaired) electrons. The van der Waals surface area contributed by atoms with Crippen molar-refractivity contribution in [2.24, 2.45) is 11.5 Å². The Hall–Kier alpha value is -1.73. The van der Waals surface area contributed by atoms with Crippen LogP contribution in [-0.4, -0.2) is 63.4 Å². The number of carboxylic acids is 5. The third-order valence-electron chi connectivity index (χ3n) is 0.167. The molecule has 0 atom stereocenters. The molecule has 0 aromatic heterocycles. The summed E-state index contributed by atoms with van der Waals surface area (Å²) >= 11 is 0. The molecule has 0 aliphatic rings. The molecule has 13 heteroatoms. The largest absolute Gasteiger partial charge is 1.00 e. The van der Waals surface area contributed by atoms with E-state index in [1.807, 2.05) is 0 Å². The van der Waals surface area contributed by atoms with Gasteiger partial charge in [-0.05, 0) is 6.92 Å². The van der Waals surface area contributed by atoms with Crippen LogP contribution < -0.4 is 46.1 Å². The Morgan fingerprint density at radius 2 is 0.680 bits per heavy atom. The van der Waals surface area contributed by atoms with Gasteiger partial charge in [-0.2, -0.15) is 0 Å². The van der Waals surface area contributed by atoms with Crippen LogP contribution in [0, 0.1) is 0 Å². The van der Waals surface area contributed by atoms with Gasteiger partial charge in [0.25, 0.3) is 23.9 Å². The van der Waals surface area contributed by atoms with Crippen LogP contribution in [0.3, 0.4) is 0 Å². The first-order chi connectivity index (χ1) is 10.6. The molecule has 0 aliphatic heterocycles. The summed E-state index contributed by atoms with van der Waals surface area (Å²) in [6.07, 6.45) is 0. The Kier molecular flexibility index (Phi) is 75.4. The molecule has 0 spiro atoms. The van der Waals surface area contributed by atoms with Crippen LogP contribution in [0.1, 0.15) is 34.6 Å². The fraction of sp³-hybridized carbons (Fsp3) is 0.583. The van der Waals surface area contributed by atoms with Crippen molar-refractivity contribution in [2.45, 2.75) is 34.6 Å². The van der Waals surface area contributed by atoms with Crippen molar-refractivity contribution >= 4 is 29.8 Å². The van der Waals surface area contributed by atoms with E-state index in [1.54, 1.807) is 0 Å². The first kappa shape index (κ1) is 43.6. The molecule has 0 aromatic rings. The van der Waals surface area contributed by atoms with E-state index in [0.717, 1.165) is 34.6 Å². The van der Waals surface area contributed by atoms with Gasteiger partial charge in [-0.3, -0.25) is 19.2 Å². The van der Waals surface area contributed by atoms with Crippen molar-refractivity contribution in [2.75, 3.05) is 13.1 Å². The maximum Gasteiger partial charge on any atom is 1.00 e. The van der Waals surface area contributed by atoms with Crippen LogP contribution in [0.4, 0.5) is 0 Å². The summed E-state index contributed by atoms with van der Waals surface area (Å²) < 4.78 is 0. The van der Waals surface area contributed by atoms with Gasteiger partial charge in [0.2, 0.25) is 0 Å². The number of nitrogens with two attached hydrogens (primary N) is 2. The number of hydrogen-bond acceptors (Lipinski definition) is 8. The van der Waals surface area contributed by atoms with Crippen molar-refractivity contribution in [1.29, 1.82) is 0 Å². The Bertz CT molecular complexity index is 246. The molecule has 0 rings (SSSR count). The number of rotatable bonds is 1. The zero-order valence-corrected chi connectivity index (χ0v) is 17.3. The molecule has 146 valence electrons. The van der Waals surface area contributed by atoms with Crippen molar-refractivity contribution in [3.63, 3.8) is 0 Å². The van der Waals surface area contributed by atoms with Crippen LogP contribution in [0.15, 0.2) is 0 Å². The average molecular weight is 382 g/mol. The van der Waals surface area contributed by atoms with E-state index in [0.29, 0.717) is 13.1 Å². The molecule has 0 heterocycles. The van der Waals surface area contributed by atoms with Crippen molar-refractivity contribution in [1.82, 2.24) is 0 Å². The smallest absolute Gasteiger partial charge is 0.550 e. The van der Waals surface area contributed by atoms with Crippen molar-refractivity contribution < 1.29 is 79.1 Å². The molecule has 0 aromatic carbocycles. The van der Waals surface area contributed by atoms with Crippen LogP contribution in [-0.2, 0) is 24.0 Å². The Morgan fingerprint density at radius 3 is 0.680 bits per heavy atom. The van der Waals surface area contributed by atoms with Gasteiger partial charge in [-0.1, -0.05) is 0 Å². The van der Waals surface area contributed by atoms with Crippen LogP contribution in [0.5, 0.6) is 0 Å². The van der Waals surface area contributed by atoms with Gasteiger partial charge in [-0.15, -0.1) is 0 Å². The van der Waals surface area contributed by atoms with Gasteiger partial charge in [0.05, 0.1) is 0 Å². The number of carbonyl (C=O) groups excluding carboxylic acids is 1. The third-order valence-corrected chi connectivity index (χ3v) is 0.167. The summed E-state index contributed by atoms with van der Waals surface area (Å²) in [4.78, 5) is 44.9. The van der Waals surface area contributed by atoms with E-state index in [1.165, 1.54) is 0 Å². The van der Waals surface area contributed by atoms with E-state index >= 15 is 0 Å². The molecular weight excluding hydrogens is 355 g/mol. The maximum atomic E-state index is 9.00. The van der Waals surface area contributed by atoms with Gasteiger partial charge < -0.3 is 41.8 Å². The minimum Gasteiger partial charge on any atom is -0.550 e. The summed E-state index contributed by atoms with van der Waals surface area (Å²) in [5.41, 5.74) is 9.81. The molecule has 0 amide bonds. The molecular formula is C12H27N2NaO10. The SMILES string of the molecule is CC(=O)O.CC(=O)O.CC(=O)O.CC(=O)O.CC(=O)[O-].NCCN.[Na+]. The normalized spacial score (nSPS) is 6.20. The van der Waals surface area contributed by atoms with E-state index in [4.69, 9.17) is 61.0 Å². The van der Waals surface area contributed by atoms with E-state index in [2.05, 4.69) is 0 Å². The zero-order chi connectivity index (χ0) is 21.3. The van der Waals surface area contributed by atoms with Gasteiger partial charge in [0.1, 0.15) is 0 Å². The molecule has 0 unspecified atom stereocenters. The second-order valence-corrected chi connectivity index (χ2v) is 3.15. The second kappa shape index (κ2) is 43.2. The molecule has 12 nitrogen and oxygen atoms in total.